The van der Waals surface area contributed by atoms with E-state index in [0.29, 0.717) is 28.7 Å². The van der Waals surface area contributed by atoms with Gasteiger partial charge in [-0.1, -0.05) is 25.7 Å². The number of nitrogens with zero attached hydrogens (tertiary/aromatic N) is 3. The third-order valence-corrected chi connectivity index (χ3v) is 8.06. The van der Waals surface area contributed by atoms with Crippen LogP contribution in [-0.2, 0) is 4.79 Å². The Kier molecular flexibility index (Phi) is 6.90. The van der Waals surface area contributed by atoms with Gasteiger partial charge in [0.25, 0.3) is 5.91 Å². The summed E-state index contributed by atoms with van der Waals surface area (Å²) in [5, 5.41) is 13.9. The lowest BCUT2D eigenvalue weighted by Crippen LogP contribution is -2.48. The number of aromatic nitrogens is 3. The Morgan fingerprint density at radius 3 is 2.74 bits per heavy atom. The van der Waals surface area contributed by atoms with E-state index < -0.39 is 6.04 Å². The lowest BCUT2D eigenvalue weighted by Gasteiger charge is -2.21. The zero-order valence-electron chi connectivity index (χ0n) is 20.1. The van der Waals surface area contributed by atoms with Crippen molar-refractivity contribution < 1.29 is 14.3 Å². The monoisotopic (exact) mass is 496 g/mol. The first-order chi connectivity index (χ1) is 17.0. The third kappa shape index (κ3) is 5.58. The second-order valence-corrected chi connectivity index (χ2v) is 10.7. The summed E-state index contributed by atoms with van der Waals surface area (Å²) in [7, 11) is 1.58. The number of nitrogens with one attached hydrogen (secondary N) is 3. The van der Waals surface area contributed by atoms with Crippen LogP contribution in [0, 0.1) is 5.92 Å². The summed E-state index contributed by atoms with van der Waals surface area (Å²) in [5.74, 6) is 0.786. The van der Waals surface area contributed by atoms with E-state index in [1.807, 2.05) is 19.1 Å². The van der Waals surface area contributed by atoms with Crippen molar-refractivity contribution in [3.05, 3.63) is 40.3 Å². The van der Waals surface area contributed by atoms with E-state index in [0.717, 1.165) is 36.2 Å². The molecule has 1 unspecified atom stereocenters. The van der Waals surface area contributed by atoms with Crippen LogP contribution >= 0.6 is 11.3 Å². The zero-order valence-corrected chi connectivity index (χ0v) is 20.9. The van der Waals surface area contributed by atoms with E-state index in [-0.39, 0.29) is 23.9 Å². The molecule has 0 aliphatic heterocycles. The Labute approximate surface area is 208 Å². The van der Waals surface area contributed by atoms with Crippen molar-refractivity contribution in [2.24, 2.45) is 5.92 Å². The number of thiophene rings is 1. The number of rotatable bonds is 10. The Bertz CT molecular complexity index is 1200. The number of hydrogen-bond acceptors (Lipinski definition) is 7. The standard InChI is InChI=1S/C25H32N6O3S/c1-15(27-19-14-26-31-12-11-22(34-2)30-23(19)31)20-9-10-21(35-20)25(33)29-18(13-16-5-3-4-6-16)24(32)28-17-7-8-17/h9-12,14-18,27H,3-8,13H2,1-2H3,(H,28,32)(H,29,33)/t15?,18-/m0/s1. The molecule has 3 aromatic rings. The van der Waals surface area contributed by atoms with Crippen LogP contribution in [0.2, 0.25) is 0 Å². The number of amides is 2. The molecule has 10 heteroatoms. The van der Waals surface area contributed by atoms with Gasteiger partial charge in [-0.3, -0.25) is 9.59 Å². The number of carbonyl (C=O) groups excluding carboxylic acids is 2. The molecular formula is C25H32N6O3S. The maximum atomic E-state index is 13.1. The molecule has 186 valence electrons. The van der Waals surface area contributed by atoms with Crippen LogP contribution in [0.5, 0.6) is 5.88 Å². The van der Waals surface area contributed by atoms with Gasteiger partial charge in [0.2, 0.25) is 11.8 Å². The Morgan fingerprint density at radius 1 is 1.20 bits per heavy atom. The molecule has 2 amide bonds. The molecule has 9 nitrogen and oxygen atoms in total. The van der Waals surface area contributed by atoms with Crippen molar-refractivity contribution in [2.75, 3.05) is 12.4 Å². The van der Waals surface area contributed by atoms with Crippen molar-refractivity contribution in [3.8, 4) is 5.88 Å². The van der Waals surface area contributed by atoms with Crippen LogP contribution in [0.4, 0.5) is 5.69 Å². The largest absolute Gasteiger partial charge is 0.481 e. The van der Waals surface area contributed by atoms with Crippen molar-refractivity contribution >= 4 is 34.5 Å². The first-order valence-electron chi connectivity index (χ1n) is 12.4. The molecule has 2 atom stereocenters. The molecule has 2 aliphatic carbocycles. The minimum absolute atomic E-state index is 0.0458. The van der Waals surface area contributed by atoms with Crippen molar-refractivity contribution in [3.63, 3.8) is 0 Å². The topological polar surface area (TPSA) is 110 Å². The van der Waals surface area contributed by atoms with Gasteiger partial charge < -0.3 is 20.7 Å². The number of ether oxygens (including phenoxy) is 1. The number of fused-ring (bicyclic) bond motifs is 1. The predicted molar refractivity (Wildman–Crippen MR) is 135 cm³/mol. The summed E-state index contributed by atoms with van der Waals surface area (Å²) in [6, 6.07) is 5.27. The molecule has 3 aromatic heterocycles. The van der Waals surface area contributed by atoms with E-state index in [1.165, 1.54) is 24.2 Å². The first-order valence-corrected chi connectivity index (χ1v) is 13.2. The molecule has 0 radical (unpaired) electrons. The highest BCUT2D eigenvalue weighted by molar-refractivity contribution is 7.14. The molecule has 0 saturated heterocycles. The van der Waals surface area contributed by atoms with Gasteiger partial charge in [-0.15, -0.1) is 11.3 Å². The smallest absolute Gasteiger partial charge is 0.262 e. The first kappa shape index (κ1) is 23.6. The van der Waals surface area contributed by atoms with Gasteiger partial charge in [-0.25, -0.2) is 4.52 Å². The highest BCUT2D eigenvalue weighted by Crippen LogP contribution is 2.30. The molecular weight excluding hydrogens is 464 g/mol. The normalized spacial score (nSPS) is 17.8. The fraction of sp³-hybridized carbons (Fsp3) is 0.520. The summed E-state index contributed by atoms with van der Waals surface area (Å²) < 4.78 is 6.91. The molecule has 5 rings (SSSR count). The molecule has 2 saturated carbocycles. The van der Waals surface area contributed by atoms with Crippen LogP contribution in [0.1, 0.15) is 72.5 Å². The van der Waals surface area contributed by atoms with Gasteiger partial charge in [0.05, 0.1) is 24.2 Å². The third-order valence-electron chi connectivity index (χ3n) is 6.79. The van der Waals surface area contributed by atoms with Crippen molar-refractivity contribution in [2.45, 2.75) is 70.0 Å². The number of carbonyl (C=O) groups is 2. The second-order valence-electron chi connectivity index (χ2n) is 9.56. The lowest BCUT2D eigenvalue weighted by atomic mass is 9.97. The summed E-state index contributed by atoms with van der Waals surface area (Å²) >= 11 is 1.43. The maximum Gasteiger partial charge on any atom is 0.262 e. The minimum Gasteiger partial charge on any atom is -0.481 e. The number of hydrogen-bond donors (Lipinski definition) is 3. The van der Waals surface area contributed by atoms with Crippen LogP contribution in [0.15, 0.2) is 30.6 Å². The Balaban J connectivity index is 1.25. The van der Waals surface area contributed by atoms with Gasteiger partial charge in [-0.2, -0.15) is 10.1 Å². The average Bonchev–Trinajstić information content (AvgIpc) is 3.25. The molecule has 3 heterocycles. The highest BCUT2D eigenvalue weighted by Gasteiger charge is 2.31. The second kappa shape index (κ2) is 10.2. The van der Waals surface area contributed by atoms with Crippen molar-refractivity contribution in [1.82, 2.24) is 25.2 Å². The summed E-state index contributed by atoms with van der Waals surface area (Å²) in [4.78, 5) is 32.0. The van der Waals surface area contributed by atoms with Crippen LogP contribution in [0.3, 0.4) is 0 Å². The average molecular weight is 497 g/mol. The van der Waals surface area contributed by atoms with Gasteiger partial charge in [0.15, 0.2) is 5.65 Å². The quantitative estimate of drug-likeness (QED) is 0.392. The van der Waals surface area contributed by atoms with Gasteiger partial charge in [0, 0.05) is 23.2 Å². The van der Waals surface area contributed by atoms with Crippen molar-refractivity contribution in [1.29, 1.82) is 0 Å². The summed E-state index contributed by atoms with van der Waals surface area (Å²) in [6.45, 7) is 2.03. The Morgan fingerprint density at radius 2 is 2.00 bits per heavy atom. The molecule has 2 fully saturated rings. The van der Waals surface area contributed by atoms with Crippen LogP contribution in [0.25, 0.3) is 5.65 Å². The van der Waals surface area contributed by atoms with Gasteiger partial charge in [-0.05, 0) is 44.2 Å². The van der Waals surface area contributed by atoms with E-state index >= 15 is 0 Å². The summed E-state index contributed by atoms with van der Waals surface area (Å²) in [5.41, 5.74) is 1.45. The molecule has 0 aromatic carbocycles. The zero-order chi connectivity index (χ0) is 24.4. The maximum absolute atomic E-state index is 13.1. The van der Waals surface area contributed by atoms with E-state index in [9.17, 15) is 9.59 Å². The molecule has 0 spiro atoms. The van der Waals surface area contributed by atoms with E-state index in [1.54, 1.807) is 30.1 Å². The minimum atomic E-state index is -0.480. The molecule has 2 aliphatic rings. The SMILES string of the molecule is COc1ccn2ncc(NC(C)c3ccc(C(=O)N[C@@H](CC4CCCC4)C(=O)NC4CC4)s3)c2n1. The number of anilines is 1. The number of methoxy groups -OCH3 is 1. The van der Waals surface area contributed by atoms with Crippen LogP contribution in [-0.4, -0.2) is 45.6 Å². The molecule has 35 heavy (non-hydrogen) atoms. The van der Waals surface area contributed by atoms with E-state index in [4.69, 9.17) is 4.74 Å². The van der Waals surface area contributed by atoms with Gasteiger partial charge in [0.1, 0.15) is 11.7 Å². The van der Waals surface area contributed by atoms with Crippen LogP contribution < -0.4 is 20.7 Å². The summed E-state index contributed by atoms with van der Waals surface area (Å²) in [6.07, 6.45) is 11.0. The Hall–Kier alpha value is -3.14. The fourth-order valence-electron chi connectivity index (χ4n) is 4.65. The predicted octanol–water partition coefficient (Wildman–Crippen LogP) is 3.93. The highest BCUT2D eigenvalue weighted by atomic mass is 32.1. The molecule has 0 bridgehead atoms. The fourth-order valence-corrected chi connectivity index (χ4v) is 5.56. The van der Waals surface area contributed by atoms with E-state index in [2.05, 4.69) is 26.0 Å². The molecule has 3 N–H and O–H groups in total. The van der Waals surface area contributed by atoms with Gasteiger partial charge >= 0.3 is 0 Å². The lowest BCUT2D eigenvalue weighted by molar-refractivity contribution is -0.123.